The minimum Gasteiger partial charge on any atom is -0.383 e. The minimum atomic E-state index is -0.157. The Labute approximate surface area is 137 Å². The van der Waals surface area contributed by atoms with Gasteiger partial charge in [-0.25, -0.2) is 0 Å². The summed E-state index contributed by atoms with van der Waals surface area (Å²) in [5.74, 6) is 0.126. The van der Waals surface area contributed by atoms with Crippen LogP contribution in [0.5, 0.6) is 0 Å². The molecule has 3 aliphatic rings. The van der Waals surface area contributed by atoms with Crippen LogP contribution < -0.4 is 5.32 Å². The molecule has 3 unspecified atom stereocenters. The number of amides is 2. The molecule has 3 heterocycles. The van der Waals surface area contributed by atoms with Gasteiger partial charge in [0.2, 0.25) is 11.8 Å². The molecule has 0 aromatic carbocycles. The maximum absolute atomic E-state index is 12.9. The van der Waals surface area contributed by atoms with Gasteiger partial charge < -0.3 is 19.9 Å². The van der Waals surface area contributed by atoms with E-state index in [-0.39, 0.29) is 30.1 Å². The summed E-state index contributed by atoms with van der Waals surface area (Å²) in [6.07, 6.45) is 3.62. The Hall–Kier alpha value is -0.850. The van der Waals surface area contributed by atoms with Crippen molar-refractivity contribution in [1.29, 1.82) is 0 Å². The molecule has 1 N–H and O–H groups in total. The average molecular weight is 332 g/mol. The van der Waals surface area contributed by atoms with Gasteiger partial charge in [0.25, 0.3) is 0 Å². The largest absolute Gasteiger partial charge is 0.383 e. The Kier molecular flexibility index (Phi) is 6.06. The van der Waals surface area contributed by atoms with E-state index in [9.17, 15) is 9.59 Å². The predicted molar refractivity (Wildman–Crippen MR) is 85.0 cm³/mol. The van der Waals surface area contributed by atoms with Gasteiger partial charge >= 0.3 is 0 Å². The lowest BCUT2D eigenvalue weighted by Gasteiger charge is -2.30. The molecule has 0 saturated carbocycles. The zero-order valence-corrected chi connectivity index (χ0v) is 13.9. The first-order valence-electron chi connectivity index (χ1n) is 8.00. The number of hydrogen-bond acceptors (Lipinski definition) is 4. The van der Waals surface area contributed by atoms with E-state index in [0.29, 0.717) is 38.2 Å². The van der Waals surface area contributed by atoms with Crippen molar-refractivity contribution in [3.8, 4) is 0 Å². The molecule has 22 heavy (non-hydrogen) atoms. The topological polar surface area (TPSA) is 61.9 Å². The van der Waals surface area contributed by atoms with E-state index in [0.717, 1.165) is 32.4 Å². The fourth-order valence-corrected chi connectivity index (χ4v) is 3.91. The second kappa shape index (κ2) is 7.62. The number of halogens is 1. The number of rotatable bonds is 4. The van der Waals surface area contributed by atoms with Gasteiger partial charge in [-0.05, 0) is 25.8 Å². The van der Waals surface area contributed by atoms with Crippen molar-refractivity contribution in [1.82, 2.24) is 15.1 Å². The summed E-state index contributed by atoms with van der Waals surface area (Å²) in [6.45, 7) is 3.58. The quantitative estimate of drug-likeness (QED) is 0.802. The highest BCUT2D eigenvalue weighted by atomic mass is 35.5. The Morgan fingerprint density at radius 2 is 2.09 bits per heavy atom. The predicted octanol–water partition coefficient (Wildman–Crippen LogP) is 0.256. The van der Waals surface area contributed by atoms with Gasteiger partial charge in [0.15, 0.2) is 0 Å². The third-order valence-corrected chi connectivity index (χ3v) is 5.04. The molecule has 3 saturated heterocycles. The maximum Gasteiger partial charge on any atom is 0.228 e. The lowest BCUT2D eigenvalue weighted by Crippen LogP contribution is -2.46. The monoisotopic (exact) mass is 331 g/mol. The molecule has 0 spiro atoms. The van der Waals surface area contributed by atoms with Crippen molar-refractivity contribution in [2.45, 2.75) is 37.8 Å². The zero-order chi connectivity index (χ0) is 14.8. The molecule has 0 aromatic rings. The number of carbonyl (C=O) groups excluding carboxylic acids is 2. The molecule has 0 radical (unpaired) electrons. The second-order valence-electron chi connectivity index (χ2n) is 6.36. The highest BCUT2D eigenvalue weighted by Gasteiger charge is 2.43. The van der Waals surface area contributed by atoms with E-state index in [1.807, 2.05) is 0 Å². The molecule has 7 heteroatoms. The Morgan fingerprint density at radius 1 is 1.32 bits per heavy atom. The molecule has 2 amide bonds. The van der Waals surface area contributed by atoms with E-state index in [2.05, 4.69) is 10.2 Å². The zero-order valence-electron chi connectivity index (χ0n) is 13.1. The van der Waals surface area contributed by atoms with Gasteiger partial charge in [-0.15, -0.1) is 12.4 Å². The number of nitrogens with one attached hydrogen (secondary N) is 1. The van der Waals surface area contributed by atoms with E-state index < -0.39 is 0 Å². The lowest BCUT2D eigenvalue weighted by atomic mass is 10.1. The van der Waals surface area contributed by atoms with E-state index >= 15 is 0 Å². The van der Waals surface area contributed by atoms with Crippen LogP contribution in [0, 0.1) is 5.92 Å². The highest BCUT2D eigenvalue weighted by molar-refractivity contribution is 5.89. The van der Waals surface area contributed by atoms with Gasteiger partial charge in [0.05, 0.1) is 12.5 Å². The summed E-state index contributed by atoms with van der Waals surface area (Å²) in [7, 11) is 1.63. The van der Waals surface area contributed by atoms with Gasteiger partial charge in [-0.3, -0.25) is 9.59 Å². The number of likely N-dealkylation sites (tertiary alicyclic amines) is 1. The normalized spacial score (nSPS) is 31.1. The van der Waals surface area contributed by atoms with Crippen LogP contribution in [0.3, 0.4) is 0 Å². The first-order chi connectivity index (χ1) is 10.2. The molecular weight excluding hydrogens is 306 g/mol. The van der Waals surface area contributed by atoms with E-state index in [1.165, 1.54) is 0 Å². The average Bonchev–Trinajstić information content (AvgIpc) is 2.95. The molecule has 3 atom stereocenters. The summed E-state index contributed by atoms with van der Waals surface area (Å²) < 4.78 is 5.03. The smallest absolute Gasteiger partial charge is 0.228 e. The van der Waals surface area contributed by atoms with Gasteiger partial charge in [0.1, 0.15) is 0 Å². The molecular formula is C15H26ClN3O3. The number of nitrogens with zero attached hydrogens (tertiary/aromatic N) is 2. The first-order valence-corrected chi connectivity index (χ1v) is 8.00. The molecule has 6 nitrogen and oxygen atoms in total. The van der Waals surface area contributed by atoms with Crippen LogP contribution in [0.1, 0.15) is 25.7 Å². The van der Waals surface area contributed by atoms with E-state index in [4.69, 9.17) is 4.74 Å². The lowest BCUT2D eigenvalue weighted by molar-refractivity contribution is -0.138. The van der Waals surface area contributed by atoms with Crippen molar-refractivity contribution in [3.63, 3.8) is 0 Å². The summed E-state index contributed by atoms with van der Waals surface area (Å²) >= 11 is 0. The van der Waals surface area contributed by atoms with Crippen LogP contribution in [0.4, 0.5) is 0 Å². The minimum absolute atomic E-state index is 0. The van der Waals surface area contributed by atoms with Crippen molar-refractivity contribution in [2.75, 3.05) is 39.9 Å². The number of carbonyl (C=O) groups is 2. The molecule has 2 bridgehead atoms. The second-order valence-corrected chi connectivity index (χ2v) is 6.36. The van der Waals surface area contributed by atoms with E-state index in [1.54, 1.807) is 12.0 Å². The number of methoxy groups -OCH3 is 1. The summed E-state index contributed by atoms with van der Waals surface area (Å²) in [6, 6.07) is 0.703. The molecule has 3 fully saturated rings. The van der Waals surface area contributed by atoms with Crippen LogP contribution in [0.2, 0.25) is 0 Å². The highest BCUT2D eigenvalue weighted by Crippen LogP contribution is 2.31. The maximum atomic E-state index is 12.9. The summed E-state index contributed by atoms with van der Waals surface area (Å²) in [4.78, 5) is 28.7. The molecule has 0 aromatic heterocycles. The van der Waals surface area contributed by atoms with Crippen molar-refractivity contribution in [2.24, 2.45) is 5.92 Å². The van der Waals surface area contributed by atoms with Gasteiger partial charge in [0, 0.05) is 45.2 Å². The van der Waals surface area contributed by atoms with Crippen LogP contribution in [-0.2, 0) is 14.3 Å². The fraction of sp³-hybridized carbons (Fsp3) is 0.867. The third-order valence-electron chi connectivity index (χ3n) is 5.04. The van der Waals surface area contributed by atoms with Crippen molar-refractivity contribution in [3.05, 3.63) is 0 Å². The molecule has 3 rings (SSSR count). The van der Waals surface area contributed by atoms with Crippen LogP contribution in [-0.4, -0.2) is 73.6 Å². The Balaban J connectivity index is 0.00000176. The van der Waals surface area contributed by atoms with Crippen molar-refractivity contribution < 1.29 is 14.3 Å². The first kappa shape index (κ1) is 17.5. The van der Waals surface area contributed by atoms with Crippen molar-refractivity contribution >= 4 is 24.2 Å². The summed E-state index contributed by atoms with van der Waals surface area (Å²) in [5.41, 5.74) is 0. The SMILES string of the molecule is COCCN1CC(C(=O)N2C3CCNCC2CC3)CC1=O.Cl. The summed E-state index contributed by atoms with van der Waals surface area (Å²) in [5, 5.41) is 3.41. The third kappa shape index (κ3) is 3.39. The Bertz CT molecular complexity index is 407. The van der Waals surface area contributed by atoms with Gasteiger partial charge in [-0.1, -0.05) is 0 Å². The van der Waals surface area contributed by atoms with Gasteiger partial charge in [-0.2, -0.15) is 0 Å². The standard InChI is InChI=1S/C15H25N3O3.ClH/c1-21-7-6-17-10-11(8-14(17)19)15(20)18-12-2-3-13(18)9-16-5-4-12;/h11-13,16H,2-10H2,1H3;1H. The Morgan fingerprint density at radius 3 is 2.86 bits per heavy atom. The number of hydrogen-bond donors (Lipinski definition) is 1. The van der Waals surface area contributed by atoms with Crippen LogP contribution in [0.15, 0.2) is 0 Å². The number of ether oxygens (including phenoxy) is 1. The van der Waals surface area contributed by atoms with Crippen LogP contribution in [0.25, 0.3) is 0 Å². The molecule has 126 valence electrons. The molecule has 0 aliphatic carbocycles. The number of fused-ring (bicyclic) bond motifs is 2. The van der Waals surface area contributed by atoms with Crippen LogP contribution >= 0.6 is 12.4 Å². The fourth-order valence-electron chi connectivity index (χ4n) is 3.91. The molecule has 3 aliphatic heterocycles.